The van der Waals surface area contributed by atoms with Crippen molar-refractivity contribution < 1.29 is 14.7 Å². The minimum atomic E-state index is -0.504. The third-order valence-corrected chi connectivity index (χ3v) is 6.89. The van der Waals surface area contributed by atoms with Gasteiger partial charge in [-0.15, -0.1) is 0 Å². The van der Waals surface area contributed by atoms with E-state index in [0.717, 1.165) is 24.7 Å². The minimum absolute atomic E-state index is 0.0274. The predicted molar refractivity (Wildman–Crippen MR) is 102 cm³/mol. The Morgan fingerprint density at radius 3 is 2.08 bits per heavy atom. The Balaban J connectivity index is 1.44. The lowest BCUT2D eigenvalue weighted by Crippen LogP contribution is -2.27. The number of carbonyl (C=O) groups is 2. The smallest absolute Gasteiger partial charge is 0.234 e. The molecule has 0 unspecified atom stereocenters. The van der Waals surface area contributed by atoms with E-state index in [2.05, 4.69) is 0 Å². The zero-order valence-electron chi connectivity index (χ0n) is 15.4. The molecule has 0 atom stereocenters. The van der Waals surface area contributed by atoms with Crippen molar-refractivity contribution in [3.05, 3.63) is 41.0 Å². The zero-order chi connectivity index (χ0) is 18.1. The van der Waals surface area contributed by atoms with E-state index in [0.29, 0.717) is 29.0 Å². The molecule has 3 nitrogen and oxygen atoms in total. The van der Waals surface area contributed by atoms with Crippen LogP contribution in [0.2, 0.25) is 0 Å². The standard InChI is InChI=1S/C23H28O3/c24-21-18-8-4-5-9-19(18)22(25)23(26)20(21)14-15-10-12-17(13-11-15)16-6-2-1-3-7-16/h4-5,8-9,15-17,24H,1-3,6-7,10-14H2. The van der Waals surface area contributed by atoms with Gasteiger partial charge in [0, 0.05) is 16.7 Å². The fourth-order valence-corrected chi connectivity index (χ4v) is 5.36. The van der Waals surface area contributed by atoms with Crippen LogP contribution < -0.4 is 0 Å². The Bertz CT molecular complexity index is 732. The molecule has 2 saturated carbocycles. The molecule has 1 aromatic carbocycles. The molecule has 3 aliphatic rings. The van der Waals surface area contributed by atoms with Gasteiger partial charge in [-0.3, -0.25) is 9.59 Å². The highest BCUT2D eigenvalue weighted by molar-refractivity contribution is 6.52. The number of hydrogen-bond donors (Lipinski definition) is 1. The summed E-state index contributed by atoms with van der Waals surface area (Å²) in [5, 5.41) is 10.6. The first-order valence-electron chi connectivity index (χ1n) is 10.3. The number of Topliss-reactive ketones (excluding diaryl/α,β-unsaturated/α-hetero) is 2. The van der Waals surface area contributed by atoms with Crippen LogP contribution in [0.4, 0.5) is 0 Å². The van der Waals surface area contributed by atoms with Gasteiger partial charge in [-0.2, -0.15) is 0 Å². The van der Waals surface area contributed by atoms with Crippen LogP contribution in [0.3, 0.4) is 0 Å². The molecule has 0 spiro atoms. The number of aliphatic hydroxyl groups is 1. The summed E-state index contributed by atoms with van der Waals surface area (Å²) in [7, 11) is 0. The molecular formula is C23H28O3. The highest BCUT2D eigenvalue weighted by atomic mass is 16.3. The van der Waals surface area contributed by atoms with Crippen LogP contribution in [0, 0.1) is 17.8 Å². The molecule has 0 radical (unpaired) electrons. The second kappa shape index (κ2) is 7.38. The van der Waals surface area contributed by atoms with Crippen LogP contribution >= 0.6 is 0 Å². The number of fused-ring (bicyclic) bond motifs is 1. The van der Waals surface area contributed by atoms with Gasteiger partial charge in [-0.1, -0.05) is 56.4 Å². The fourth-order valence-electron chi connectivity index (χ4n) is 5.36. The molecule has 138 valence electrons. The van der Waals surface area contributed by atoms with E-state index in [1.54, 1.807) is 24.3 Å². The SMILES string of the molecule is O=C1C(=O)c2ccccc2C(O)=C1CC1CCC(C2CCCCC2)CC1. The Kier molecular flexibility index (Phi) is 4.97. The molecule has 1 N–H and O–H groups in total. The van der Waals surface area contributed by atoms with Gasteiger partial charge in [0.1, 0.15) is 5.76 Å². The third kappa shape index (κ3) is 3.24. The van der Waals surface area contributed by atoms with Crippen LogP contribution in [0.1, 0.15) is 80.1 Å². The van der Waals surface area contributed by atoms with Gasteiger partial charge in [0.25, 0.3) is 0 Å². The maximum atomic E-state index is 12.5. The van der Waals surface area contributed by atoms with Gasteiger partial charge in [0.15, 0.2) is 0 Å². The summed E-state index contributed by atoms with van der Waals surface area (Å²) >= 11 is 0. The number of hydrogen-bond acceptors (Lipinski definition) is 3. The van der Waals surface area contributed by atoms with Crippen LogP contribution in [-0.4, -0.2) is 16.7 Å². The number of aliphatic hydroxyl groups excluding tert-OH is 1. The number of carbonyl (C=O) groups excluding carboxylic acids is 2. The monoisotopic (exact) mass is 352 g/mol. The van der Waals surface area contributed by atoms with Crippen molar-refractivity contribution in [3.8, 4) is 0 Å². The van der Waals surface area contributed by atoms with E-state index in [4.69, 9.17) is 0 Å². The average Bonchev–Trinajstić information content (AvgIpc) is 2.71. The van der Waals surface area contributed by atoms with Crippen molar-refractivity contribution in [2.45, 2.75) is 64.2 Å². The molecule has 3 aliphatic carbocycles. The Labute approximate surface area is 155 Å². The lowest BCUT2D eigenvalue weighted by Gasteiger charge is -2.36. The maximum Gasteiger partial charge on any atom is 0.234 e. The highest BCUT2D eigenvalue weighted by Gasteiger charge is 2.35. The van der Waals surface area contributed by atoms with Crippen molar-refractivity contribution in [1.29, 1.82) is 0 Å². The van der Waals surface area contributed by atoms with Gasteiger partial charge in [0.2, 0.25) is 11.6 Å². The quantitative estimate of drug-likeness (QED) is 0.731. The summed E-state index contributed by atoms with van der Waals surface area (Å²) in [5.41, 5.74) is 1.19. The van der Waals surface area contributed by atoms with Crippen LogP contribution in [0.25, 0.3) is 5.76 Å². The van der Waals surface area contributed by atoms with Crippen LogP contribution in [0.5, 0.6) is 0 Å². The van der Waals surface area contributed by atoms with E-state index >= 15 is 0 Å². The Hall–Kier alpha value is -1.90. The number of ketones is 2. The van der Waals surface area contributed by atoms with E-state index in [1.807, 2.05) is 0 Å². The lowest BCUT2D eigenvalue weighted by molar-refractivity contribution is -0.112. The fraction of sp³-hybridized carbons (Fsp3) is 0.565. The lowest BCUT2D eigenvalue weighted by atomic mass is 9.69. The van der Waals surface area contributed by atoms with Gasteiger partial charge in [-0.05, 0) is 49.9 Å². The second-order valence-corrected chi connectivity index (χ2v) is 8.41. The molecule has 0 aliphatic heterocycles. The van der Waals surface area contributed by atoms with Crippen molar-refractivity contribution in [1.82, 2.24) is 0 Å². The molecule has 0 saturated heterocycles. The van der Waals surface area contributed by atoms with E-state index < -0.39 is 11.6 Å². The molecule has 1 aromatic rings. The molecule has 0 heterocycles. The molecule has 0 amide bonds. The normalized spacial score (nSPS) is 27.5. The summed E-state index contributed by atoms with van der Waals surface area (Å²) in [6, 6.07) is 6.88. The van der Waals surface area contributed by atoms with Gasteiger partial charge < -0.3 is 5.11 Å². The van der Waals surface area contributed by atoms with Gasteiger partial charge in [-0.25, -0.2) is 0 Å². The molecular weight excluding hydrogens is 324 g/mol. The Morgan fingerprint density at radius 2 is 1.38 bits per heavy atom. The average molecular weight is 352 g/mol. The molecule has 2 fully saturated rings. The first-order chi connectivity index (χ1) is 12.6. The summed E-state index contributed by atoms with van der Waals surface area (Å²) in [5.74, 6) is 1.22. The van der Waals surface area contributed by atoms with Crippen molar-refractivity contribution >= 4 is 17.3 Å². The van der Waals surface area contributed by atoms with E-state index in [9.17, 15) is 14.7 Å². The first kappa shape index (κ1) is 17.5. The zero-order valence-corrected chi connectivity index (χ0v) is 15.4. The topological polar surface area (TPSA) is 54.4 Å². The first-order valence-corrected chi connectivity index (χ1v) is 10.3. The molecule has 0 aromatic heterocycles. The predicted octanol–water partition coefficient (Wildman–Crippen LogP) is 5.50. The number of allylic oxidation sites excluding steroid dienone is 1. The number of benzene rings is 1. The van der Waals surface area contributed by atoms with Crippen molar-refractivity contribution in [2.24, 2.45) is 17.8 Å². The van der Waals surface area contributed by atoms with Gasteiger partial charge >= 0.3 is 0 Å². The Morgan fingerprint density at radius 1 is 0.769 bits per heavy atom. The minimum Gasteiger partial charge on any atom is -0.507 e. The number of rotatable bonds is 3. The summed E-state index contributed by atoms with van der Waals surface area (Å²) in [6.07, 6.45) is 12.2. The van der Waals surface area contributed by atoms with Gasteiger partial charge in [0.05, 0.1) is 0 Å². The second-order valence-electron chi connectivity index (χ2n) is 8.41. The van der Waals surface area contributed by atoms with E-state index in [1.165, 1.54) is 44.9 Å². The summed E-state index contributed by atoms with van der Waals surface area (Å²) in [6.45, 7) is 0. The largest absolute Gasteiger partial charge is 0.507 e. The maximum absolute atomic E-state index is 12.5. The van der Waals surface area contributed by atoms with Crippen molar-refractivity contribution in [2.75, 3.05) is 0 Å². The summed E-state index contributed by atoms with van der Waals surface area (Å²) in [4.78, 5) is 24.9. The van der Waals surface area contributed by atoms with Crippen LogP contribution in [0.15, 0.2) is 29.8 Å². The molecule has 26 heavy (non-hydrogen) atoms. The highest BCUT2D eigenvalue weighted by Crippen LogP contribution is 2.42. The van der Waals surface area contributed by atoms with Crippen LogP contribution in [-0.2, 0) is 4.79 Å². The molecule has 0 bridgehead atoms. The molecule has 3 heteroatoms. The summed E-state index contributed by atoms with van der Waals surface area (Å²) < 4.78 is 0. The van der Waals surface area contributed by atoms with Crippen molar-refractivity contribution in [3.63, 3.8) is 0 Å². The third-order valence-electron chi connectivity index (χ3n) is 6.89. The molecule has 4 rings (SSSR count). The van der Waals surface area contributed by atoms with E-state index in [-0.39, 0.29) is 5.76 Å².